The molecule has 7 heteroatoms. The van der Waals surface area contributed by atoms with Crippen LogP contribution in [0.5, 0.6) is 0 Å². The van der Waals surface area contributed by atoms with Crippen LogP contribution in [0, 0.1) is 5.92 Å². The van der Waals surface area contributed by atoms with Crippen molar-refractivity contribution < 1.29 is 27.8 Å². The van der Waals surface area contributed by atoms with E-state index in [0.717, 1.165) is 12.8 Å². The number of carbonyl (C=O) groups is 1. The Bertz CT molecular complexity index is 312. The van der Waals surface area contributed by atoms with E-state index < -0.39 is 24.3 Å². The molecule has 1 aliphatic carbocycles. The van der Waals surface area contributed by atoms with Gasteiger partial charge in [0.05, 0.1) is 12.2 Å². The van der Waals surface area contributed by atoms with Crippen molar-refractivity contribution in [2.45, 2.75) is 50.8 Å². The molecule has 0 aromatic carbocycles. The Hall–Kier alpha value is -0.820. The summed E-state index contributed by atoms with van der Waals surface area (Å²) in [4.78, 5) is 11.4. The van der Waals surface area contributed by atoms with Crippen LogP contribution < -0.4 is 5.32 Å². The van der Waals surface area contributed by atoms with Crippen molar-refractivity contribution in [1.29, 1.82) is 0 Å². The van der Waals surface area contributed by atoms with Gasteiger partial charge in [-0.3, -0.25) is 4.79 Å². The summed E-state index contributed by atoms with van der Waals surface area (Å²) < 4.78 is 39.7. The van der Waals surface area contributed by atoms with Gasteiger partial charge in [-0.05, 0) is 31.6 Å². The Kier molecular flexibility index (Phi) is 6.26. The number of carbonyl (C=O) groups excluding carboxylic acids is 1. The Labute approximate surface area is 116 Å². The summed E-state index contributed by atoms with van der Waals surface area (Å²) in [5, 5.41) is 12.8. The first-order valence-corrected chi connectivity index (χ1v) is 6.84. The summed E-state index contributed by atoms with van der Waals surface area (Å²) >= 11 is 0. The lowest BCUT2D eigenvalue weighted by Gasteiger charge is -2.34. The second-order valence-corrected chi connectivity index (χ2v) is 5.60. The fourth-order valence-electron chi connectivity index (χ4n) is 2.18. The van der Waals surface area contributed by atoms with Gasteiger partial charge in [0.2, 0.25) is 5.91 Å². The van der Waals surface area contributed by atoms with Gasteiger partial charge in [0, 0.05) is 13.0 Å². The number of hydrogen-bond donors (Lipinski definition) is 2. The van der Waals surface area contributed by atoms with Gasteiger partial charge in [0.1, 0.15) is 6.61 Å². The minimum atomic E-state index is -4.37. The van der Waals surface area contributed by atoms with E-state index in [0.29, 0.717) is 18.8 Å². The van der Waals surface area contributed by atoms with Gasteiger partial charge >= 0.3 is 6.18 Å². The summed E-state index contributed by atoms with van der Waals surface area (Å²) in [6.45, 7) is 0.650. The second kappa shape index (κ2) is 7.26. The van der Waals surface area contributed by atoms with Crippen molar-refractivity contribution in [3.05, 3.63) is 0 Å². The third-order valence-electron chi connectivity index (χ3n) is 3.56. The summed E-state index contributed by atoms with van der Waals surface area (Å²) in [6, 6.07) is 0. The lowest BCUT2D eigenvalue weighted by atomic mass is 9.79. The van der Waals surface area contributed by atoms with Gasteiger partial charge in [-0.15, -0.1) is 0 Å². The van der Waals surface area contributed by atoms with Gasteiger partial charge in [0.15, 0.2) is 0 Å². The van der Waals surface area contributed by atoms with Gasteiger partial charge in [-0.2, -0.15) is 13.2 Å². The first-order chi connectivity index (χ1) is 9.20. The van der Waals surface area contributed by atoms with Crippen LogP contribution in [0.2, 0.25) is 0 Å². The monoisotopic (exact) mass is 297 g/mol. The maximum absolute atomic E-state index is 11.8. The quantitative estimate of drug-likeness (QED) is 0.737. The number of aliphatic hydroxyl groups is 1. The molecule has 1 amide bonds. The Morgan fingerprint density at radius 1 is 1.40 bits per heavy atom. The topological polar surface area (TPSA) is 58.6 Å². The molecule has 0 aromatic heterocycles. The van der Waals surface area contributed by atoms with Gasteiger partial charge in [-0.1, -0.05) is 6.92 Å². The summed E-state index contributed by atoms with van der Waals surface area (Å²) in [7, 11) is 0. The van der Waals surface area contributed by atoms with Crippen molar-refractivity contribution in [2.24, 2.45) is 5.92 Å². The molecule has 0 radical (unpaired) electrons. The molecule has 0 heterocycles. The highest BCUT2D eigenvalue weighted by molar-refractivity contribution is 5.76. The van der Waals surface area contributed by atoms with E-state index in [1.807, 2.05) is 0 Å². The van der Waals surface area contributed by atoms with E-state index >= 15 is 0 Å². The van der Waals surface area contributed by atoms with E-state index in [4.69, 9.17) is 0 Å². The van der Waals surface area contributed by atoms with E-state index in [2.05, 4.69) is 17.0 Å². The van der Waals surface area contributed by atoms with E-state index in [9.17, 15) is 23.1 Å². The van der Waals surface area contributed by atoms with Crippen LogP contribution in [0.4, 0.5) is 13.2 Å². The zero-order valence-corrected chi connectivity index (χ0v) is 11.6. The molecule has 0 aromatic rings. The zero-order valence-electron chi connectivity index (χ0n) is 11.6. The van der Waals surface area contributed by atoms with Gasteiger partial charge < -0.3 is 15.2 Å². The molecule has 1 aliphatic rings. The van der Waals surface area contributed by atoms with Crippen LogP contribution >= 0.6 is 0 Å². The van der Waals surface area contributed by atoms with Crippen LogP contribution in [0.1, 0.15) is 39.0 Å². The number of rotatable bonds is 6. The standard InChI is InChI=1S/C13H22F3NO3/c1-10-2-5-12(19,6-3-10)8-17-11(18)4-7-20-9-13(14,15)16/h10,19H,2-9H2,1H3,(H,17,18). The SMILES string of the molecule is CC1CCC(O)(CNC(=O)CCOCC(F)(F)F)CC1. The molecule has 1 saturated carbocycles. The maximum Gasteiger partial charge on any atom is 0.411 e. The molecule has 0 unspecified atom stereocenters. The van der Waals surface area contributed by atoms with Crippen LogP contribution in [-0.4, -0.2) is 42.5 Å². The van der Waals surface area contributed by atoms with Gasteiger partial charge in [0.25, 0.3) is 0 Å². The highest BCUT2D eigenvalue weighted by Crippen LogP contribution is 2.31. The molecule has 1 fully saturated rings. The molecule has 20 heavy (non-hydrogen) atoms. The molecular formula is C13H22F3NO3. The summed E-state index contributed by atoms with van der Waals surface area (Å²) in [6.07, 6.45) is -1.40. The molecule has 2 N–H and O–H groups in total. The highest BCUT2D eigenvalue weighted by atomic mass is 19.4. The number of alkyl halides is 3. The average molecular weight is 297 g/mol. The van der Waals surface area contributed by atoms with Crippen LogP contribution in [0.15, 0.2) is 0 Å². The molecule has 1 rings (SSSR count). The van der Waals surface area contributed by atoms with E-state index in [-0.39, 0.29) is 19.6 Å². The van der Waals surface area contributed by atoms with Crippen LogP contribution in [-0.2, 0) is 9.53 Å². The third kappa shape index (κ3) is 7.09. The van der Waals surface area contributed by atoms with Crippen molar-refractivity contribution in [2.75, 3.05) is 19.8 Å². The number of ether oxygens (including phenoxy) is 1. The average Bonchev–Trinajstić information content (AvgIpc) is 2.35. The molecular weight excluding hydrogens is 275 g/mol. The molecule has 0 aliphatic heterocycles. The lowest BCUT2D eigenvalue weighted by molar-refractivity contribution is -0.174. The molecule has 4 nitrogen and oxygen atoms in total. The Balaban J connectivity index is 2.13. The van der Waals surface area contributed by atoms with Gasteiger partial charge in [-0.25, -0.2) is 0 Å². The number of nitrogens with one attached hydrogen (secondary N) is 1. The fourth-order valence-corrected chi connectivity index (χ4v) is 2.18. The predicted octanol–water partition coefficient (Wildman–Crippen LogP) is 2.01. The minimum Gasteiger partial charge on any atom is -0.388 e. The second-order valence-electron chi connectivity index (χ2n) is 5.60. The normalized spacial score (nSPS) is 27.4. The Morgan fingerprint density at radius 2 is 2.00 bits per heavy atom. The minimum absolute atomic E-state index is 0.136. The molecule has 0 bridgehead atoms. The highest BCUT2D eigenvalue weighted by Gasteiger charge is 2.32. The molecule has 118 valence electrons. The first kappa shape index (κ1) is 17.2. The predicted molar refractivity (Wildman–Crippen MR) is 67.1 cm³/mol. The first-order valence-electron chi connectivity index (χ1n) is 6.84. The van der Waals surface area contributed by atoms with Crippen molar-refractivity contribution in [3.63, 3.8) is 0 Å². The van der Waals surface area contributed by atoms with Crippen molar-refractivity contribution in [1.82, 2.24) is 5.32 Å². The van der Waals surface area contributed by atoms with E-state index in [1.54, 1.807) is 0 Å². The van der Waals surface area contributed by atoms with Crippen molar-refractivity contribution in [3.8, 4) is 0 Å². The summed E-state index contributed by atoms with van der Waals surface area (Å²) in [5.74, 6) is 0.181. The van der Waals surface area contributed by atoms with Crippen molar-refractivity contribution >= 4 is 5.91 Å². The van der Waals surface area contributed by atoms with E-state index in [1.165, 1.54) is 0 Å². The van der Waals surface area contributed by atoms with Crippen LogP contribution in [0.3, 0.4) is 0 Å². The smallest absolute Gasteiger partial charge is 0.388 e. The summed E-state index contributed by atoms with van der Waals surface area (Å²) in [5.41, 5.74) is -0.880. The number of amides is 1. The zero-order chi connectivity index (χ0) is 15.2. The van der Waals surface area contributed by atoms with Crippen LogP contribution in [0.25, 0.3) is 0 Å². The maximum atomic E-state index is 11.8. The molecule has 0 saturated heterocycles. The largest absolute Gasteiger partial charge is 0.411 e. The lowest BCUT2D eigenvalue weighted by Crippen LogP contribution is -2.45. The number of halogens is 3. The molecule has 0 atom stereocenters. The third-order valence-corrected chi connectivity index (χ3v) is 3.56. The molecule has 0 spiro atoms. The Morgan fingerprint density at radius 3 is 2.55 bits per heavy atom. The number of hydrogen-bond acceptors (Lipinski definition) is 3. The fraction of sp³-hybridized carbons (Fsp3) is 0.923.